The summed E-state index contributed by atoms with van der Waals surface area (Å²) in [7, 11) is 3.31. The van der Waals surface area contributed by atoms with E-state index in [9.17, 15) is 9.59 Å². The number of carbonyl (C=O) groups excluding carboxylic acids is 1. The van der Waals surface area contributed by atoms with Crippen molar-refractivity contribution in [2.24, 2.45) is 0 Å². The van der Waals surface area contributed by atoms with Crippen LogP contribution in [0, 0.1) is 0 Å². The second kappa shape index (κ2) is 7.00. The fraction of sp³-hybridized carbons (Fsp3) is 0.222. The predicted octanol–water partition coefficient (Wildman–Crippen LogP) is 2.94. The Balaban J connectivity index is 2.13. The molecule has 0 spiro atoms. The van der Waals surface area contributed by atoms with Crippen molar-refractivity contribution in [2.75, 3.05) is 14.1 Å². The lowest BCUT2D eigenvalue weighted by Crippen LogP contribution is -2.37. The van der Waals surface area contributed by atoms with Gasteiger partial charge in [0.05, 0.1) is 0 Å². The average molecular weight is 297 g/mol. The lowest BCUT2D eigenvalue weighted by atomic mass is 9.99. The van der Waals surface area contributed by atoms with Gasteiger partial charge in [0.25, 0.3) is 0 Å². The molecule has 1 N–H and O–H groups in total. The minimum absolute atomic E-state index is 0.0347. The van der Waals surface area contributed by atoms with E-state index in [0.717, 1.165) is 11.1 Å². The quantitative estimate of drug-likeness (QED) is 0.833. The molecule has 0 saturated heterocycles. The fourth-order valence-corrected chi connectivity index (χ4v) is 2.26. The summed E-state index contributed by atoms with van der Waals surface area (Å²) in [4.78, 5) is 24.9. The summed E-state index contributed by atoms with van der Waals surface area (Å²) < 4.78 is 0. The first kappa shape index (κ1) is 15.9. The Morgan fingerprint density at radius 1 is 0.955 bits per heavy atom. The van der Waals surface area contributed by atoms with Crippen LogP contribution in [-0.4, -0.2) is 41.9 Å². The molecular weight excluding hydrogens is 278 g/mol. The molecular formula is C18H19NO3. The zero-order chi connectivity index (χ0) is 16.1. The summed E-state index contributed by atoms with van der Waals surface area (Å²) in [5.74, 6) is -1.15. The van der Waals surface area contributed by atoms with Crippen molar-refractivity contribution in [1.82, 2.24) is 4.90 Å². The van der Waals surface area contributed by atoms with Crippen molar-refractivity contribution in [2.45, 2.75) is 12.5 Å². The first-order valence-electron chi connectivity index (χ1n) is 7.07. The second-order valence-corrected chi connectivity index (χ2v) is 5.39. The highest BCUT2D eigenvalue weighted by molar-refractivity contribution is 5.99. The normalized spacial score (nSPS) is 12.1. The van der Waals surface area contributed by atoms with Gasteiger partial charge in [-0.2, -0.15) is 0 Å². The molecule has 0 aliphatic carbocycles. The highest BCUT2D eigenvalue weighted by atomic mass is 16.4. The van der Waals surface area contributed by atoms with E-state index in [1.807, 2.05) is 42.5 Å². The van der Waals surface area contributed by atoms with E-state index < -0.39 is 12.0 Å². The molecule has 22 heavy (non-hydrogen) atoms. The number of likely N-dealkylation sites (N-methyl/N-ethyl adjacent to an activating group) is 1. The number of nitrogens with zero attached hydrogens (tertiary/aromatic N) is 1. The van der Waals surface area contributed by atoms with Gasteiger partial charge in [-0.1, -0.05) is 54.6 Å². The van der Waals surface area contributed by atoms with Gasteiger partial charge in [-0.05, 0) is 25.2 Å². The molecule has 0 radical (unpaired) electrons. The summed E-state index contributed by atoms with van der Waals surface area (Å²) in [6.45, 7) is 0. The van der Waals surface area contributed by atoms with Gasteiger partial charge in [-0.3, -0.25) is 14.5 Å². The molecule has 0 amide bonds. The summed E-state index contributed by atoms with van der Waals surface area (Å²) in [5.41, 5.74) is 2.64. The van der Waals surface area contributed by atoms with E-state index >= 15 is 0 Å². The van der Waals surface area contributed by atoms with Crippen LogP contribution >= 0.6 is 0 Å². The molecule has 114 valence electrons. The number of aliphatic carboxylic acids is 1. The number of hydrogen-bond acceptors (Lipinski definition) is 3. The Hall–Kier alpha value is -2.46. The predicted molar refractivity (Wildman–Crippen MR) is 85.9 cm³/mol. The first-order chi connectivity index (χ1) is 10.5. The molecule has 0 fully saturated rings. The molecule has 1 unspecified atom stereocenters. The lowest BCUT2D eigenvalue weighted by molar-refractivity contribution is -0.142. The van der Waals surface area contributed by atoms with Crippen molar-refractivity contribution >= 4 is 11.8 Å². The number of rotatable bonds is 6. The highest BCUT2D eigenvalue weighted by Crippen LogP contribution is 2.20. The Morgan fingerprint density at radius 3 is 2.00 bits per heavy atom. The Kier molecular flexibility index (Phi) is 5.07. The van der Waals surface area contributed by atoms with E-state index in [1.54, 1.807) is 31.1 Å². The van der Waals surface area contributed by atoms with Gasteiger partial charge in [0.15, 0.2) is 5.78 Å². The maximum absolute atomic E-state index is 12.2. The minimum atomic E-state index is -0.987. The lowest BCUT2D eigenvalue weighted by Gasteiger charge is -2.19. The monoisotopic (exact) mass is 297 g/mol. The van der Waals surface area contributed by atoms with Crippen LogP contribution in [0.15, 0.2) is 54.6 Å². The third kappa shape index (κ3) is 3.80. The number of ketones is 1. The van der Waals surface area contributed by atoms with Crippen LogP contribution in [0.2, 0.25) is 0 Å². The molecule has 2 aromatic carbocycles. The Bertz CT molecular complexity index is 648. The van der Waals surface area contributed by atoms with E-state index in [2.05, 4.69) is 0 Å². The van der Waals surface area contributed by atoms with Crippen molar-refractivity contribution in [3.05, 3.63) is 60.2 Å². The van der Waals surface area contributed by atoms with Gasteiger partial charge in [0, 0.05) is 12.0 Å². The number of carboxylic acids is 1. The van der Waals surface area contributed by atoms with E-state index in [-0.39, 0.29) is 12.2 Å². The molecule has 0 saturated carbocycles. The van der Waals surface area contributed by atoms with Crippen LogP contribution in [0.3, 0.4) is 0 Å². The van der Waals surface area contributed by atoms with Crippen molar-refractivity contribution in [1.29, 1.82) is 0 Å². The van der Waals surface area contributed by atoms with Gasteiger partial charge in [0.1, 0.15) is 6.04 Å². The molecule has 4 nitrogen and oxygen atoms in total. The van der Waals surface area contributed by atoms with Crippen LogP contribution in [0.4, 0.5) is 0 Å². The van der Waals surface area contributed by atoms with Gasteiger partial charge in [-0.15, -0.1) is 0 Å². The highest BCUT2D eigenvalue weighted by Gasteiger charge is 2.23. The first-order valence-corrected chi connectivity index (χ1v) is 7.07. The van der Waals surface area contributed by atoms with Crippen molar-refractivity contribution in [3.8, 4) is 11.1 Å². The van der Waals surface area contributed by atoms with Gasteiger partial charge in [-0.25, -0.2) is 0 Å². The molecule has 4 heteroatoms. The molecule has 0 aliphatic rings. The van der Waals surface area contributed by atoms with Crippen molar-refractivity contribution in [3.63, 3.8) is 0 Å². The third-order valence-electron chi connectivity index (χ3n) is 3.60. The van der Waals surface area contributed by atoms with Gasteiger partial charge < -0.3 is 5.11 Å². The van der Waals surface area contributed by atoms with Crippen LogP contribution in [0.25, 0.3) is 11.1 Å². The third-order valence-corrected chi connectivity index (χ3v) is 3.60. The summed E-state index contributed by atoms with van der Waals surface area (Å²) in [6.07, 6.45) is -0.0347. The largest absolute Gasteiger partial charge is 0.480 e. The molecule has 2 rings (SSSR count). The Morgan fingerprint density at radius 2 is 1.50 bits per heavy atom. The summed E-state index contributed by atoms with van der Waals surface area (Å²) >= 11 is 0. The second-order valence-electron chi connectivity index (χ2n) is 5.39. The molecule has 1 atom stereocenters. The molecule has 2 aromatic rings. The van der Waals surface area contributed by atoms with Crippen LogP contribution in [0.1, 0.15) is 16.8 Å². The maximum Gasteiger partial charge on any atom is 0.321 e. The maximum atomic E-state index is 12.2. The smallest absolute Gasteiger partial charge is 0.321 e. The van der Waals surface area contributed by atoms with Crippen LogP contribution in [-0.2, 0) is 4.79 Å². The minimum Gasteiger partial charge on any atom is -0.480 e. The van der Waals surface area contributed by atoms with Crippen LogP contribution in [0.5, 0.6) is 0 Å². The molecule has 0 aliphatic heterocycles. The van der Waals surface area contributed by atoms with E-state index in [4.69, 9.17) is 5.11 Å². The molecule has 0 heterocycles. The summed E-state index contributed by atoms with van der Waals surface area (Å²) in [6, 6.07) is 16.3. The number of hydrogen-bond donors (Lipinski definition) is 1. The number of Topliss-reactive ketones (excluding diaryl/α,β-unsaturated/α-hetero) is 1. The van der Waals surface area contributed by atoms with Gasteiger partial charge in [0.2, 0.25) is 0 Å². The topological polar surface area (TPSA) is 57.6 Å². The zero-order valence-electron chi connectivity index (χ0n) is 12.7. The zero-order valence-corrected chi connectivity index (χ0v) is 12.7. The molecule has 0 aromatic heterocycles. The van der Waals surface area contributed by atoms with Crippen molar-refractivity contribution < 1.29 is 14.7 Å². The Labute approximate surface area is 130 Å². The number of carbonyl (C=O) groups is 2. The van der Waals surface area contributed by atoms with Gasteiger partial charge >= 0.3 is 5.97 Å². The fourth-order valence-electron chi connectivity index (χ4n) is 2.26. The average Bonchev–Trinajstić information content (AvgIpc) is 2.52. The standard InChI is InChI=1S/C18H19NO3/c1-19(2)16(18(21)22)12-17(20)15-10-8-14(9-11-15)13-6-4-3-5-7-13/h3-11,16H,12H2,1-2H3,(H,21,22). The van der Waals surface area contributed by atoms with E-state index in [0.29, 0.717) is 5.56 Å². The summed E-state index contributed by atoms with van der Waals surface area (Å²) in [5, 5.41) is 9.14. The number of carboxylic acid groups (broad SMARTS) is 1. The SMILES string of the molecule is CN(C)C(CC(=O)c1ccc(-c2ccccc2)cc1)C(=O)O. The van der Waals surface area contributed by atoms with Crippen LogP contribution < -0.4 is 0 Å². The number of benzene rings is 2. The van der Waals surface area contributed by atoms with E-state index in [1.165, 1.54) is 0 Å². The molecule has 0 bridgehead atoms.